The molecule has 4 heteroatoms. The summed E-state index contributed by atoms with van der Waals surface area (Å²) in [4.78, 5) is 6.53. The smallest absolute Gasteiger partial charge is 0.191 e. The van der Waals surface area contributed by atoms with Crippen molar-refractivity contribution in [1.29, 1.82) is 0 Å². The molecule has 1 fully saturated rings. The van der Waals surface area contributed by atoms with Crippen LogP contribution >= 0.6 is 11.8 Å². The molecule has 2 N–H and O–H groups in total. The molecule has 84 valence electrons. The first kappa shape index (κ1) is 12.3. The number of aliphatic imine (C=N–C) groups is 1. The van der Waals surface area contributed by atoms with Gasteiger partial charge in [0.2, 0.25) is 0 Å². The lowest BCUT2D eigenvalue weighted by atomic mass is 10.2. The molecule has 3 nitrogen and oxygen atoms in total. The largest absolute Gasteiger partial charge is 0.370 e. The summed E-state index contributed by atoms with van der Waals surface area (Å²) in [6, 6.07) is 0. The summed E-state index contributed by atoms with van der Waals surface area (Å²) in [5.74, 6) is 5.65. The topological polar surface area (TPSA) is 41.6 Å². The molecule has 1 saturated heterocycles. The number of thioether (sulfide) groups is 1. The monoisotopic (exact) mass is 225 g/mol. The highest BCUT2D eigenvalue weighted by Gasteiger charge is 2.11. The van der Waals surface area contributed by atoms with Gasteiger partial charge in [-0.05, 0) is 12.8 Å². The van der Waals surface area contributed by atoms with Crippen LogP contribution < -0.4 is 5.73 Å². The van der Waals surface area contributed by atoms with Gasteiger partial charge >= 0.3 is 0 Å². The fourth-order valence-electron chi connectivity index (χ4n) is 1.42. The van der Waals surface area contributed by atoms with Gasteiger partial charge in [-0.15, -0.1) is 12.3 Å². The molecule has 0 aliphatic carbocycles. The molecule has 0 unspecified atom stereocenters. The van der Waals surface area contributed by atoms with Gasteiger partial charge in [-0.25, -0.2) is 0 Å². The fraction of sp³-hybridized carbons (Fsp3) is 0.727. The van der Waals surface area contributed by atoms with Crippen LogP contribution in [0, 0.1) is 12.3 Å². The first-order chi connectivity index (χ1) is 7.34. The van der Waals surface area contributed by atoms with Gasteiger partial charge in [-0.1, -0.05) is 0 Å². The van der Waals surface area contributed by atoms with E-state index in [1.807, 2.05) is 11.8 Å². The predicted molar refractivity (Wildman–Crippen MR) is 68.1 cm³/mol. The van der Waals surface area contributed by atoms with Crippen molar-refractivity contribution in [2.75, 3.05) is 31.1 Å². The minimum atomic E-state index is 0.705. The Labute approximate surface area is 96.5 Å². The van der Waals surface area contributed by atoms with E-state index in [4.69, 9.17) is 12.2 Å². The van der Waals surface area contributed by atoms with Gasteiger partial charge in [-0.2, -0.15) is 11.8 Å². The van der Waals surface area contributed by atoms with E-state index in [9.17, 15) is 0 Å². The average Bonchev–Trinajstić information content (AvgIpc) is 2.30. The van der Waals surface area contributed by atoms with Gasteiger partial charge in [0.05, 0.1) is 0 Å². The maximum Gasteiger partial charge on any atom is 0.191 e. The van der Waals surface area contributed by atoms with E-state index in [1.54, 1.807) is 0 Å². The fourth-order valence-corrected chi connectivity index (χ4v) is 2.33. The van der Waals surface area contributed by atoms with Gasteiger partial charge in [0, 0.05) is 37.6 Å². The Bertz CT molecular complexity index is 239. The molecule has 1 heterocycles. The van der Waals surface area contributed by atoms with Gasteiger partial charge < -0.3 is 10.6 Å². The molecule has 0 atom stereocenters. The minimum absolute atomic E-state index is 0.705. The van der Waals surface area contributed by atoms with Gasteiger partial charge in [0.25, 0.3) is 0 Å². The normalized spacial score (nSPS) is 17.5. The van der Waals surface area contributed by atoms with Crippen LogP contribution in [0.3, 0.4) is 0 Å². The molecule has 0 spiro atoms. The van der Waals surface area contributed by atoms with Crippen molar-refractivity contribution in [2.45, 2.75) is 19.3 Å². The highest BCUT2D eigenvalue weighted by molar-refractivity contribution is 7.99. The van der Waals surface area contributed by atoms with E-state index < -0.39 is 0 Å². The zero-order chi connectivity index (χ0) is 10.9. The molecular weight excluding hydrogens is 206 g/mol. The third kappa shape index (κ3) is 4.98. The SMILES string of the molecule is C#CCCCCN=C(N)N1CCSCC1. The van der Waals surface area contributed by atoms with Crippen LogP contribution in [-0.2, 0) is 0 Å². The second-order valence-corrected chi connectivity index (χ2v) is 4.73. The van der Waals surface area contributed by atoms with Gasteiger partial charge in [-0.3, -0.25) is 4.99 Å². The first-order valence-corrected chi connectivity index (χ1v) is 6.56. The highest BCUT2D eigenvalue weighted by Crippen LogP contribution is 2.08. The molecule has 0 bridgehead atoms. The molecule has 15 heavy (non-hydrogen) atoms. The van der Waals surface area contributed by atoms with Crippen molar-refractivity contribution in [2.24, 2.45) is 10.7 Å². The molecular formula is C11H19N3S. The van der Waals surface area contributed by atoms with Gasteiger partial charge in [0.1, 0.15) is 0 Å². The van der Waals surface area contributed by atoms with E-state index in [1.165, 1.54) is 0 Å². The van der Waals surface area contributed by atoms with E-state index in [-0.39, 0.29) is 0 Å². The molecule has 1 aliphatic heterocycles. The van der Waals surface area contributed by atoms with Crippen LogP contribution in [-0.4, -0.2) is 42.0 Å². The van der Waals surface area contributed by atoms with Crippen LogP contribution in [0.5, 0.6) is 0 Å². The summed E-state index contributed by atoms with van der Waals surface area (Å²) in [6.07, 6.45) is 8.09. The minimum Gasteiger partial charge on any atom is -0.370 e. The van der Waals surface area contributed by atoms with Crippen LogP contribution in [0.25, 0.3) is 0 Å². The van der Waals surface area contributed by atoms with E-state index >= 15 is 0 Å². The number of hydrogen-bond acceptors (Lipinski definition) is 2. The number of guanidine groups is 1. The summed E-state index contributed by atoms with van der Waals surface area (Å²) >= 11 is 1.98. The van der Waals surface area contributed by atoms with Crippen molar-refractivity contribution < 1.29 is 0 Å². The van der Waals surface area contributed by atoms with E-state index in [2.05, 4.69) is 15.8 Å². The summed E-state index contributed by atoms with van der Waals surface area (Å²) in [5.41, 5.74) is 5.89. The Morgan fingerprint density at radius 2 is 2.13 bits per heavy atom. The van der Waals surface area contributed by atoms with Crippen LogP contribution in [0.15, 0.2) is 4.99 Å². The Kier molecular flexibility index (Phi) is 6.10. The maximum atomic E-state index is 5.89. The molecule has 0 saturated carbocycles. The number of terminal acetylenes is 1. The zero-order valence-corrected chi connectivity index (χ0v) is 9.93. The van der Waals surface area contributed by atoms with Crippen molar-refractivity contribution in [3.8, 4) is 12.3 Å². The molecule has 0 radical (unpaired) electrons. The quantitative estimate of drug-likeness (QED) is 0.338. The summed E-state index contributed by atoms with van der Waals surface area (Å²) in [5, 5.41) is 0. The lowest BCUT2D eigenvalue weighted by Crippen LogP contribution is -2.42. The lowest BCUT2D eigenvalue weighted by molar-refractivity contribution is 0.455. The Morgan fingerprint density at radius 3 is 2.80 bits per heavy atom. The number of nitrogens with zero attached hydrogens (tertiary/aromatic N) is 2. The van der Waals surface area contributed by atoms with Gasteiger partial charge in [0.15, 0.2) is 5.96 Å². The lowest BCUT2D eigenvalue weighted by Gasteiger charge is -2.27. The maximum absolute atomic E-state index is 5.89. The number of nitrogens with two attached hydrogens (primary N) is 1. The number of rotatable bonds is 4. The second kappa shape index (κ2) is 7.47. The molecule has 1 rings (SSSR count). The van der Waals surface area contributed by atoms with Crippen LogP contribution in [0.2, 0.25) is 0 Å². The Balaban J connectivity index is 2.17. The Hall–Kier alpha value is -0.820. The van der Waals surface area contributed by atoms with Crippen molar-refractivity contribution >= 4 is 17.7 Å². The predicted octanol–water partition coefficient (Wildman–Crippen LogP) is 1.15. The third-order valence-electron chi connectivity index (χ3n) is 2.34. The summed E-state index contributed by atoms with van der Waals surface area (Å²) < 4.78 is 0. The van der Waals surface area contributed by atoms with Crippen molar-refractivity contribution in [3.63, 3.8) is 0 Å². The molecule has 0 aromatic heterocycles. The van der Waals surface area contributed by atoms with E-state index in [0.717, 1.165) is 50.4 Å². The summed E-state index contributed by atoms with van der Waals surface area (Å²) in [6.45, 7) is 2.87. The summed E-state index contributed by atoms with van der Waals surface area (Å²) in [7, 11) is 0. The zero-order valence-electron chi connectivity index (χ0n) is 9.11. The van der Waals surface area contributed by atoms with Crippen LogP contribution in [0.1, 0.15) is 19.3 Å². The molecule has 0 amide bonds. The van der Waals surface area contributed by atoms with Crippen LogP contribution in [0.4, 0.5) is 0 Å². The average molecular weight is 225 g/mol. The second-order valence-electron chi connectivity index (χ2n) is 3.50. The highest BCUT2D eigenvalue weighted by atomic mass is 32.2. The van der Waals surface area contributed by atoms with Crippen molar-refractivity contribution in [1.82, 2.24) is 4.90 Å². The Morgan fingerprint density at radius 1 is 1.40 bits per heavy atom. The first-order valence-electron chi connectivity index (χ1n) is 5.40. The molecule has 0 aromatic rings. The molecule has 1 aliphatic rings. The standard InChI is InChI=1S/C11H19N3S/c1-2-3-4-5-6-13-11(12)14-7-9-15-10-8-14/h1H,3-10H2,(H2,12,13). The number of unbranched alkanes of at least 4 members (excludes halogenated alkanes) is 2. The molecule has 0 aromatic carbocycles. The van der Waals surface area contributed by atoms with E-state index in [0.29, 0.717) is 5.96 Å². The van der Waals surface area contributed by atoms with Crippen molar-refractivity contribution in [3.05, 3.63) is 0 Å². The third-order valence-corrected chi connectivity index (χ3v) is 3.28. The number of hydrogen-bond donors (Lipinski definition) is 1.